The van der Waals surface area contributed by atoms with Crippen molar-refractivity contribution in [2.45, 2.75) is 19.0 Å². The van der Waals surface area contributed by atoms with Crippen LogP contribution in [0.4, 0.5) is 13.2 Å². The highest BCUT2D eigenvalue weighted by atomic mass is 79.9. The maximum absolute atomic E-state index is 13.3. The van der Waals surface area contributed by atoms with Crippen LogP contribution in [0.3, 0.4) is 0 Å². The molecule has 0 radical (unpaired) electrons. The normalized spacial score (nSPS) is 13.2. The van der Waals surface area contributed by atoms with Gasteiger partial charge in [-0.2, -0.15) is 13.2 Å². The van der Waals surface area contributed by atoms with E-state index in [1.165, 1.54) is 13.0 Å². The van der Waals surface area contributed by atoms with Gasteiger partial charge in [-0.25, -0.2) is 0 Å². The van der Waals surface area contributed by atoms with Crippen LogP contribution in [0.25, 0.3) is 11.1 Å². The summed E-state index contributed by atoms with van der Waals surface area (Å²) in [7, 11) is 0. The molecule has 0 amide bonds. The molecule has 21 heavy (non-hydrogen) atoms. The van der Waals surface area contributed by atoms with Gasteiger partial charge >= 0.3 is 12.1 Å². The van der Waals surface area contributed by atoms with E-state index in [1.54, 1.807) is 30.3 Å². The molecule has 0 spiro atoms. The van der Waals surface area contributed by atoms with Crippen molar-refractivity contribution in [1.82, 2.24) is 0 Å². The van der Waals surface area contributed by atoms with Crippen LogP contribution in [0.1, 0.15) is 18.4 Å². The summed E-state index contributed by atoms with van der Waals surface area (Å²) >= 11 is 3.24. The molecule has 0 N–H and O–H groups in total. The molecule has 0 saturated carbocycles. The number of ether oxygens (including phenoxy) is 1. The third-order valence-electron chi connectivity index (χ3n) is 3.05. The predicted octanol–water partition coefficient (Wildman–Crippen LogP) is 4.76. The van der Waals surface area contributed by atoms with Crippen LogP contribution >= 0.6 is 15.9 Å². The van der Waals surface area contributed by atoms with Gasteiger partial charge < -0.3 is 4.74 Å². The van der Waals surface area contributed by atoms with Crippen LogP contribution in [0.2, 0.25) is 0 Å². The quantitative estimate of drug-likeness (QED) is 0.737. The van der Waals surface area contributed by atoms with E-state index in [9.17, 15) is 18.0 Å². The fraction of sp³-hybridized carbons (Fsp3) is 0.267. The van der Waals surface area contributed by atoms with Gasteiger partial charge in [0, 0.05) is 4.47 Å². The molecule has 2 aliphatic carbocycles. The van der Waals surface area contributed by atoms with Crippen molar-refractivity contribution in [3.05, 3.63) is 46.4 Å². The second kappa shape index (κ2) is 6.05. The zero-order valence-electron chi connectivity index (χ0n) is 11.1. The van der Waals surface area contributed by atoms with Crippen LogP contribution < -0.4 is 0 Å². The van der Waals surface area contributed by atoms with Gasteiger partial charge in [0.05, 0.1) is 6.61 Å². The minimum Gasteiger partial charge on any atom is -0.465 e. The summed E-state index contributed by atoms with van der Waals surface area (Å²) in [6.45, 7) is 1.38. The maximum atomic E-state index is 13.3. The van der Waals surface area contributed by atoms with Crippen molar-refractivity contribution in [1.29, 1.82) is 0 Å². The smallest absolute Gasteiger partial charge is 0.406 e. The highest BCUT2D eigenvalue weighted by Crippen LogP contribution is 2.45. The van der Waals surface area contributed by atoms with Crippen molar-refractivity contribution in [3.8, 4) is 11.1 Å². The number of fused-ring (bicyclic) bond motifs is 1. The Morgan fingerprint density at radius 1 is 1.24 bits per heavy atom. The topological polar surface area (TPSA) is 26.3 Å². The molecule has 2 nitrogen and oxygen atoms in total. The molecule has 112 valence electrons. The van der Waals surface area contributed by atoms with E-state index in [1.807, 2.05) is 0 Å². The van der Waals surface area contributed by atoms with Crippen molar-refractivity contribution < 1.29 is 22.7 Å². The highest BCUT2D eigenvalue weighted by Gasteiger charge is 2.48. The first-order valence-corrected chi connectivity index (χ1v) is 7.06. The minimum atomic E-state index is -4.71. The fourth-order valence-electron chi connectivity index (χ4n) is 2.20. The Bertz CT molecular complexity index is 625. The third kappa shape index (κ3) is 3.20. The first-order valence-electron chi connectivity index (χ1n) is 6.26. The summed E-state index contributed by atoms with van der Waals surface area (Å²) in [6.07, 6.45) is -4.71. The van der Waals surface area contributed by atoms with E-state index < -0.39 is 18.1 Å². The largest absolute Gasteiger partial charge is 0.465 e. The molecule has 0 heterocycles. The molecule has 2 rings (SSSR count). The summed E-state index contributed by atoms with van der Waals surface area (Å²) < 4.78 is 45.0. The van der Waals surface area contributed by atoms with Gasteiger partial charge in [0.15, 0.2) is 5.92 Å². The molecule has 1 atom stereocenters. The molecule has 0 aromatic heterocycles. The summed E-state index contributed by atoms with van der Waals surface area (Å²) in [5.41, 5.74) is 0.898. The van der Waals surface area contributed by atoms with E-state index >= 15 is 0 Å². The highest BCUT2D eigenvalue weighted by molar-refractivity contribution is 9.10. The molecule has 0 bridgehead atoms. The average molecular weight is 361 g/mol. The predicted molar refractivity (Wildman–Crippen MR) is 76.2 cm³/mol. The molecule has 0 unspecified atom stereocenters. The van der Waals surface area contributed by atoms with Crippen molar-refractivity contribution in [3.63, 3.8) is 0 Å². The Balaban J connectivity index is 2.60. The van der Waals surface area contributed by atoms with Gasteiger partial charge in [-0.15, -0.1) is 0 Å². The van der Waals surface area contributed by atoms with Crippen molar-refractivity contribution in [2.75, 3.05) is 6.61 Å². The Kier molecular flexibility index (Phi) is 4.56. The third-order valence-corrected chi connectivity index (χ3v) is 3.71. The monoisotopic (exact) mass is 360 g/mol. The first kappa shape index (κ1) is 15.8. The van der Waals surface area contributed by atoms with E-state index in [2.05, 4.69) is 20.7 Å². The Hall–Kier alpha value is -1.56. The lowest BCUT2D eigenvalue weighted by Gasteiger charge is -2.19. The van der Waals surface area contributed by atoms with Gasteiger partial charge in [0.1, 0.15) is 0 Å². The van der Waals surface area contributed by atoms with Crippen LogP contribution in [-0.4, -0.2) is 18.8 Å². The summed E-state index contributed by atoms with van der Waals surface area (Å²) in [5, 5.41) is 0. The number of rotatable bonds is 3. The zero-order chi connectivity index (χ0) is 15.6. The van der Waals surface area contributed by atoms with E-state index in [4.69, 9.17) is 0 Å². The number of hydrogen-bond donors (Lipinski definition) is 0. The van der Waals surface area contributed by atoms with Crippen molar-refractivity contribution in [2.24, 2.45) is 0 Å². The van der Waals surface area contributed by atoms with Gasteiger partial charge in [-0.1, -0.05) is 46.3 Å². The van der Waals surface area contributed by atoms with Crippen LogP contribution in [0.15, 0.2) is 40.9 Å². The first-order chi connectivity index (χ1) is 9.86. The number of esters is 1. The Morgan fingerprint density at radius 3 is 2.43 bits per heavy atom. The van der Waals surface area contributed by atoms with Gasteiger partial charge in [0.25, 0.3) is 0 Å². The second-order valence-electron chi connectivity index (χ2n) is 4.41. The average Bonchev–Trinajstić information content (AvgIpc) is 2.57. The molecule has 0 aliphatic heterocycles. The van der Waals surface area contributed by atoms with Crippen LogP contribution in [-0.2, 0) is 9.53 Å². The number of hydrogen-bond acceptors (Lipinski definition) is 2. The van der Waals surface area contributed by atoms with Crippen LogP contribution in [0, 0.1) is 0 Å². The number of carbonyl (C=O) groups excluding carboxylic acids is 1. The standard InChI is InChI=1S/C15H12BrF3O2/c1-2-21-14(20)13(15(17,18)19)11-8-12(16)10-7-5-3-4-6-9(10)11/h3-8,13H,2H2,1H3/t13-/m0/s1. The van der Waals surface area contributed by atoms with E-state index in [0.29, 0.717) is 15.6 Å². The lowest BCUT2D eigenvalue weighted by atomic mass is 9.96. The lowest BCUT2D eigenvalue weighted by molar-refractivity contribution is -0.180. The minimum absolute atomic E-state index is 0.0981. The zero-order valence-corrected chi connectivity index (χ0v) is 12.7. The molecular formula is C15H12BrF3O2. The summed E-state index contributed by atoms with van der Waals surface area (Å²) in [4.78, 5) is 11.8. The van der Waals surface area contributed by atoms with Crippen molar-refractivity contribution >= 4 is 21.9 Å². The number of alkyl halides is 3. The second-order valence-corrected chi connectivity index (χ2v) is 5.27. The molecular weight excluding hydrogens is 349 g/mol. The van der Waals surface area contributed by atoms with Gasteiger partial charge in [-0.05, 0) is 29.7 Å². The lowest BCUT2D eigenvalue weighted by Crippen LogP contribution is -2.30. The molecule has 0 aromatic rings. The Morgan fingerprint density at radius 2 is 1.86 bits per heavy atom. The van der Waals surface area contributed by atoms with Crippen LogP contribution in [0.5, 0.6) is 0 Å². The molecule has 0 fully saturated rings. The summed E-state index contributed by atoms with van der Waals surface area (Å²) in [6, 6.07) is 9.67. The maximum Gasteiger partial charge on any atom is 0.406 e. The fourth-order valence-corrected chi connectivity index (χ4v) is 2.79. The molecule has 0 aromatic carbocycles. The Labute approximate surface area is 128 Å². The molecule has 0 saturated heterocycles. The van der Waals surface area contributed by atoms with Gasteiger partial charge in [-0.3, -0.25) is 4.79 Å². The number of carbonyl (C=O) groups is 1. The number of halogens is 4. The molecule has 2 aliphatic rings. The SMILES string of the molecule is CCOC(=O)[C@H](c1cc(Br)c2cccccc1-2)C(F)(F)F. The van der Waals surface area contributed by atoms with E-state index in [-0.39, 0.29) is 12.2 Å². The molecule has 6 heteroatoms. The summed E-state index contributed by atoms with van der Waals surface area (Å²) in [5.74, 6) is -3.57. The van der Waals surface area contributed by atoms with E-state index in [0.717, 1.165) is 0 Å². The van der Waals surface area contributed by atoms with Gasteiger partial charge in [0.2, 0.25) is 0 Å².